The van der Waals surface area contributed by atoms with Gasteiger partial charge < -0.3 is 5.73 Å². The molecule has 2 aromatic rings. The van der Waals surface area contributed by atoms with Gasteiger partial charge >= 0.3 is 0 Å². The molecule has 35 heavy (non-hydrogen) atoms. The highest BCUT2D eigenvalue weighted by Gasteiger charge is 2.43. The van der Waals surface area contributed by atoms with E-state index in [0.29, 0.717) is 18.5 Å². The minimum absolute atomic E-state index is 0.0275. The molecule has 0 spiro atoms. The number of hydrogen-bond acceptors (Lipinski definition) is 5. The molecule has 3 atom stereocenters. The van der Waals surface area contributed by atoms with Crippen LogP contribution in [0, 0.1) is 5.92 Å². The SMILES string of the molecule is CC[C@H](C)[C@H](N)C(=O)N(C(=O)[C@@H]1CCCN1CC(=O)c1ccc(-c2ccccc2)cc1)C(C)(C)C. The van der Waals surface area contributed by atoms with Gasteiger partial charge in [0.1, 0.15) is 0 Å². The fourth-order valence-corrected chi connectivity index (χ4v) is 4.62. The summed E-state index contributed by atoms with van der Waals surface area (Å²) >= 11 is 0. The van der Waals surface area contributed by atoms with Crippen molar-refractivity contribution < 1.29 is 14.4 Å². The molecule has 6 nitrogen and oxygen atoms in total. The third kappa shape index (κ3) is 6.24. The van der Waals surface area contributed by atoms with Crippen LogP contribution in [0.5, 0.6) is 0 Å². The summed E-state index contributed by atoms with van der Waals surface area (Å²) in [7, 11) is 0. The number of amides is 2. The van der Waals surface area contributed by atoms with Crippen LogP contribution in [0.4, 0.5) is 0 Å². The fraction of sp³-hybridized carbons (Fsp3) is 0.483. The van der Waals surface area contributed by atoms with Crippen LogP contribution in [0.1, 0.15) is 64.2 Å². The Kier molecular flexibility index (Phi) is 8.62. The first-order valence-corrected chi connectivity index (χ1v) is 12.6. The second kappa shape index (κ2) is 11.3. The van der Waals surface area contributed by atoms with Crippen LogP contribution in [0.3, 0.4) is 0 Å². The molecule has 1 fully saturated rings. The van der Waals surface area contributed by atoms with Gasteiger partial charge in [0.2, 0.25) is 11.8 Å². The van der Waals surface area contributed by atoms with Gasteiger partial charge in [-0.3, -0.25) is 24.2 Å². The first-order chi connectivity index (χ1) is 16.5. The van der Waals surface area contributed by atoms with E-state index in [1.165, 1.54) is 4.90 Å². The van der Waals surface area contributed by atoms with Gasteiger partial charge in [0.05, 0.1) is 18.6 Å². The van der Waals surface area contributed by atoms with Gasteiger partial charge in [-0.1, -0.05) is 74.9 Å². The standard InChI is InChI=1S/C29H39N3O3/c1-6-20(2)26(30)28(35)32(29(3,4)5)27(34)24-13-10-18-31(24)19-25(33)23-16-14-22(15-17-23)21-11-8-7-9-12-21/h7-9,11-12,14-17,20,24,26H,6,10,13,18-19,30H2,1-5H3/t20-,24-,26-/m0/s1. The van der Waals surface area contributed by atoms with Gasteiger partial charge in [-0.05, 0) is 57.2 Å². The second-order valence-corrected chi connectivity index (χ2v) is 10.6. The highest BCUT2D eigenvalue weighted by molar-refractivity contribution is 6.02. The molecule has 1 saturated heterocycles. The zero-order valence-electron chi connectivity index (χ0n) is 21.7. The lowest BCUT2D eigenvalue weighted by molar-refractivity contribution is -0.155. The average molecular weight is 478 g/mol. The van der Waals surface area contributed by atoms with Crippen molar-refractivity contribution in [3.8, 4) is 11.1 Å². The summed E-state index contributed by atoms with van der Waals surface area (Å²) < 4.78 is 0. The van der Waals surface area contributed by atoms with Gasteiger partial charge in [-0.25, -0.2) is 0 Å². The highest BCUT2D eigenvalue weighted by atomic mass is 16.2. The summed E-state index contributed by atoms with van der Waals surface area (Å²) in [6.07, 6.45) is 2.18. The van der Waals surface area contributed by atoms with Crippen molar-refractivity contribution in [1.82, 2.24) is 9.80 Å². The predicted molar refractivity (Wildman–Crippen MR) is 140 cm³/mol. The van der Waals surface area contributed by atoms with Crippen molar-refractivity contribution in [2.75, 3.05) is 13.1 Å². The van der Waals surface area contributed by atoms with E-state index in [1.54, 1.807) is 0 Å². The van der Waals surface area contributed by atoms with Crippen LogP contribution < -0.4 is 5.73 Å². The van der Waals surface area contributed by atoms with E-state index in [4.69, 9.17) is 5.73 Å². The molecule has 2 N–H and O–H groups in total. The Morgan fingerprint density at radius 3 is 2.20 bits per heavy atom. The maximum absolute atomic E-state index is 13.7. The van der Waals surface area contributed by atoms with E-state index in [1.807, 2.05) is 94.1 Å². The molecule has 2 amide bonds. The molecule has 1 aliphatic heterocycles. The van der Waals surface area contributed by atoms with Crippen LogP contribution in [-0.2, 0) is 9.59 Å². The lowest BCUT2D eigenvalue weighted by atomic mass is 9.95. The maximum Gasteiger partial charge on any atom is 0.247 e. The average Bonchev–Trinajstić information content (AvgIpc) is 3.30. The normalized spacial score (nSPS) is 18.2. The van der Waals surface area contributed by atoms with Crippen molar-refractivity contribution in [2.24, 2.45) is 11.7 Å². The van der Waals surface area contributed by atoms with Crippen LogP contribution in [0.25, 0.3) is 11.1 Å². The van der Waals surface area contributed by atoms with Crippen molar-refractivity contribution >= 4 is 17.6 Å². The number of imide groups is 1. The third-order valence-electron chi connectivity index (χ3n) is 6.96. The molecule has 188 valence electrons. The zero-order valence-corrected chi connectivity index (χ0v) is 21.7. The number of nitrogens with two attached hydrogens (primary N) is 1. The largest absolute Gasteiger partial charge is 0.320 e. The molecule has 0 aliphatic carbocycles. The van der Waals surface area contributed by atoms with Gasteiger partial charge in [-0.2, -0.15) is 0 Å². The minimum Gasteiger partial charge on any atom is -0.320 e. The molecule has 1 heterocycles. The number of carbonyl (C=O) groups is 3. The van der Waals surface area contributed by atoms with E-state index < -0.39 is 17.6 Å². The Bertz CT molecular complexity index is 1030. The Morgan fingerprint density at radius 1 is 1.03 bits per heavy atom. The van der Waals surface area contributed by atoms with Crippen molar-refractivity contribution in [1.29, 1.82) is 0 Å². The van der Waals surface area contributed by atoms with E-state index >= 15 is 0 Å². The maximum atomic E-state index is 13.7. The van der Waals surface area contributed by atoms with Crippen molar-refractivity contribution in [3.05, 3.63) is 60.2 Å². The lowest BCUT2D eigenvalue weighted by Crippen LogP contribution is -2.60. The third-order valence-corrected chi connectivity index (χ3v) is 6.96. The lowest BCUT2D eigenvalue weighted by Gasteiger charge is -2.39. The number of hydrogen-bond donors (Lipinski definition) is 1. The number of carbonyl (C=O) groups excluding carboxylic acids is 3. The molecule has 0 bridgehead atoms. The van der Waals surface area contributed by atoms with Crippen LogP contribution in [0.15, 0.2) is 54.6 Å². The van der Waals surface area contributed by atoms with Crippen LogP contribution in [0.2, 0.25) is 0 Å². The predicted octanol–water partition coefficient (Wildman–Crippen LogP) is 4.53. The van der Waals surface area contributed by atoms with Crippen LogP contribution >= 0.6 is 0 Å². The molecule has 2 aromatic carbocycles. The number of Topliss-reactive ketones (excluding diaryl/α,β-unsaturated/α-hetero) is 1. The van der Waals surface area contributed by atoms with E-state index in [9.17, 15) is 14.4 Å². The summed E-state index contributed by atoms with van der Waals surface area (Å²) in [5.41, 5.74) is 8.30. The summed E-state index contributed by atoms with van der Waals surface area (Å²) in [4.78, 5) is 43.3. The molecule has 3 rings (SSSR count). The molecular formula is C29H39N3O3. The van der Waals surface area contributed by atoms with Crippen molar-refractivity contribution in [3.63, 3.8) is 0 Å². The molecule has 0 saturated carbocycles. The zero-order chi connectivity index (χ0) is 25.8. The Labute approximate surface area is 209 Å². The molecule has 0 radical (unpaired) electrons. The smallest absolute Gasteiger partial charge is 0.247 e. The van der Waals surface area contributed by atoms with E-state index in [-0.39, 0.29) is 30.1 Å². The summed E-state index contributed by atoms with van der Waals surface area (Å²) in [6, 6.07) is 16.4. The summed E-state index contributed by atoms with van der Waals surface area (Å²) in [6.45, 7) is 10.3. The Hall–Kier alpha value is -2.83. The molecule has 0 unspecified atom stereocenters. The highest BCUT2D eigenvalue weighted by Crippen LogP contribution is 2.26. The molecule has 1 aliphatic rings. The Balaban J connectivity index is 1.74. The van der Waals surface area contributed by atoms with Crippen LogP contribution in [-0.4, -0.2) is 58.1 Å². The monoisotopic (exact) mass is 477 g/mol. The number of benzene rings is 2. The van der Waals surface area contributed by atoms with E-state index in [0.717, 1.165) is 24.0 Å². The summed E-state index contributed by atoms with van der Waals surface area (Å²) in [5.74, 6) is -0.660. The topological polar surface area (TPSA) is 83.7 Å². The number of likely N-dealkylation sites (tertiary alicyclic amines) is 1. The van der Waals surface area contributed by atoms with Gasteiger partial charge in [-0.15, -0.1) is 0 Å². The summed E-state index contributed by atoms with van der Waals surface area (Å²) in [5, 5.41) is 0. The fourth-order valence-electron chi connectivity index (χ4n) is 4.62. The van der Waals surface area contributed by atoms with Crippen molar-refractivity contribution in [2.45, 2.75) is 71.5 Å². The van der Waals surface area contributed by atoms with E-state index in [2.05, 4.69) is 0 Å². The molecule has 0 aromatic heterocycles. The number of rotatable bonds is 8. The van der Waals surface area contributed by atoms with Gasteiger partial charge in [0.15, 0.2) is 5.78 Å². The molecular weight excluding hydrogens is 438 g/mol. The second-order valence-electron chi connectivity index (χ2n) is 10.6. The Morgan fingerprint density at radius 2 is 1.63 bits per heavy atom. The molecule has 6 heteroatoms. The van der Waals surface area contributed by atoms with Gasteiger partial charge in [0.25, 0.3) is 0 Å². The number of nitrogens with zero attached hydrogens (tertiary/aromatic N) is 2. The minimum atomic E-state index is -0.734. The number of ketones is 1. The quantitative estimate of drug-likeness (QED) is 0.565. The van der Waals surface area contributed by atoms with Gasteiger partial charge in [0, 0.05) is 11.1 Å². The first-order valence-electron chi connectivity index (χ1n) is 12.6. The first kappa shape index (κ1) is 26.8.